The van der Waals surface area contributed by atoms with Gasteiger partial charge in [0.25, 0.3) is 0 Å². The van der Waals surface area contributed by atoms with Gasteiger partial charge in [-0.2, -0.15) is 0 Å². The number of carbonyl (C=O) groups excluding carboxylic acids is 1. The molecule has 2 rings (SSSR count). The van der Waals surface area contributed by atoms with E-state index in [1.165, 1.54) is 6.42 Å². The number of aliphatic hydroxyl groups excluding tert-OH is 1. The molecule has 2 saturated carbocycles. The number of aliphatic hydroxyl groups is 1. The molecule has 3 heteroatoms. The lowest BCUT2D eigenvalue weighted by Crippen LogP contribution is -2.35. The number of fused-ring (bicyclic) bond motifs is 2. The zero-order valence-corrected chi connectivity index (χ0v) is 12.8. The van der Waals surface area contributed by atoms with Gasteiger partial charge in [-0.15, -0.1) is 0 Å². The van der Waals surface area contributed by atoms with Crippen LogP contribution in [0.1, 0.15) is 53.9 Å². The fourth-order valence-corrected chi connectivity index (χ4v) is 4.15. The number of carbonyl (C=O) groups is 1. The minimum absolute atomic E-state index is 0.145. The maximum atomic E-state index is 11.8. The molecule has 0 aromatic rings. The Morgan fingerprint density at radius 1 is 1.26 bits per heavy atom. The van der Waals surface area contributed by atoms with Gasteiger partial charge in [-0.05, 0) is 63.2 Å². The highest BCUT2D eigenvalue weighted by molar-refractivity contribution is 5.70. The molecule has 1 N–H and O–H groups in total. The summed E-state index contributed by atoms with van der Waals surface area (Å²) >= 11 is 0. The number of hydrogen-bond donors (Lipinski definition) is 1. The van der Waals surface area contributed by atoms with Gasteiger partial charge in [0.2, 0.25) is 0 Å². The molecule has 19 heavy (non-hydrogen) atoms. The fourth-order valence-electron chi connectivity index (χ4n) is 4.15. The summed E-state index contributed by atoms with van der Waals surface area (Å²) in [6.45, 7) is 10.2. The molecule has 0 amide bonds. The molecule has 0 spiro atoms. The third kappa shape index (κ3) is 3.13. The van der Waals surface area contributed by atoms with Crippen LogP contribution < -0.4 is 0 Å². The molecule has 2 aliphatic rings. The molecule has 0 aromatic carbocycles. The standard InChI is InChI=1S/C16H28O3/c1-9-10(2)12-6-11(9)7-13(12)14(17)8-15(18)19-16(3,4)5/h9-14,17H,6-8H2,1-5H3. The van der Waals surface area contributed by atoms with Gasteiger partial charge in [-0.1, -0.05) is 13.8 Å². The van der Waals surface area contributed by atoms with Crippen molar-refractivity contribution in [3.63, 3.8) is 0 Å². The predicted octanol–water partition coefficient (Wildman–Crippen LogP) is 3.01. The van der Waals surface area contributed by atoms with Crippen LogP contribution in [0.3, 0.4) is 0 Å². The van der Waals surface area contributed by atoms with Gasteiger partial charge in [0, 0.05) is 0 Å². The van der Waals surface area contributed by atoms with Crippen LogP contribution >= 0.6 is 0 Å². The smallest absolute Gasteiger partial charge is 0.308 e. The average Bonchev–Trinajstić information content (AvgIpc) is 2.77. The van der Waals surface area contributed by atoms with E-state index in [-0.39, 0.29) is 12.4 Å². The summed E-state index contributed by atoms with van der Waals surface area (Å²) in [5, 5.41) is 10.3. The van der Waals surface area contributed by atoms with Crippen LogP contribution in [0.5, 0.6) is 0 Å². The molecule has 0 aromatic heterocycles. The number of hydrogen-bond acceptors (Lipinski definition) is 3. The Hall–Kier alpha value is -0.570. The summed E-state index contributed by atoms with van der Waals surface area (Å²) in [6, 6.07) is 0. The number of rotatable bonds is 3. The Balaban J connectivity index is 1.88. The lowest BCUT2D eigenvalue weighted by Gasteiger charge is -2.34. The highest BCUT2D eigenvalue weighted by atomic mass is 16.6. The average molecular weight is 268 g/mol. The third-order valence-corrected chi connectivity index (χ3v) is 5.24. The van der Waals surface area contributed by atoms with Crippen molar-refractivity contribution in [2.24, 2.45) is 29.6 Å². The van der Waals surface area contributed by atoms with Crippen molar-refractivity contribution in [3.05, 3.63) is 0 Å². The monoisotopic (exact) mass is 268 g/mol. The molecule has 0 aliphatic heterocycles. The van der Waals surface area contributed by atoms with Crippen molar-refractivity contribution in [2.75, 3.05) is 0 Å². The Labute approximate surface area is 116 Å². The second-order valence-electron chi connectivity index (χ2n) is 7.64. The molecule has 6 atom stereocenters. The van der Waals surface area contributed by atoms with Gasteiger partial charge >= 0.3 is 5.97 Å². The lowest BCUT2D eigenvalue weighted by molar-refractivity contribution is -0.158. The van der Waals surface area contributed by atoms with Crippen molar-refractivity contribution in [1.29, 1.82) is 0 Å². The first kappa shape index (κ1) is 14.8. The molecular formula is C16H28O3. The van der Waals surface area contributed by atoms with Gasteiger partial charge in [0.05, 0.1) is 12.5 Å². The molecule has 0 saturated heterocycles. The van der Waals surface area contributed by atoms with Crippen LogP contribution in [0.25, 0.3) is 0 Å². The number of ether oxygens (including phenoxy) is 1. The quantitative estimate of drug-likeness (QED) is 0.800. The highest BCUT2D eigenvalue weighted by Crippen LogP contribution is 2.56. The molecule has 110 valence electrons. The van der Waals surface area contributed by atoms with Crippen molar-refractivity contribution in [1.82, 2.24) is 0 Å². The first-order valence-corrected chi connectivity index (χ1v) is 7.59. The van der Waals surface area contributed by atoms with Gasteiger partial charge in [-0.25, -0.2) is 0 Å². The van der Waals surface area contributed by atoms with Gasteiger partial charge in [0.15, 0.2) is 0 Å². The van der Waals surface area contributed by atoms with E-state index in [0.717, 1.165) is 18.3 Å². The van der Waals surface area contributed by atoms with E-state index in [1.54, 1.807) is 0 Å². The normalized spacial score (nSPS) is 39.4. The molecular weight excluding hydrogens is 240 g/mol. The molecule has 2 bridgehead atoms. The lowest BCUT2D eigenvalue weighted by atomic mass is 9.73. The number of esters is 1. The van der Waals surface area contributed by atoms with E-state index in [1.807, 2.05) is 20.8 Å². The van der Waals surface area contributed by atoms with E-state index in [9.17, 15) is 9.90 Å². The molecule has 6 unspecified atom stereocenters. The van der Waals surface area contributed by atoms with E-state index in [4.69, 9.17) is 4.74 Å². The predicted molar refractivity (Wildman–Crippen MR) is 74.5 cm³/mol. The summed E-state index contributed by atoms with van der Waals surface area (Å²) in [4.78, 5) is 11.8. The Morgan fingerprint density at radius 3 is 2.37 bits per heavy atom. The van der Waals surface area contributed by atoms with Gasteiger partial charge in [0.1, 0.15) is 5.60 Å². The van der Waals surface area contributed by atoms with Crippen LogP contribution in [0.15, 0.2) is 0 Å². The van der Waals surface area contributed by atoms with Crippen LogP contribution in [0.2, 0.25) is 0 Å². The van der Waals surface area contributed by atoms with E-state index >= 15 is 0 Å². The van der Waals surface area contributed by atoms with Gasteiger partial charge in [-0.3, -0.25) is 4.79 Å². The second kappa shape index (κ2) is 5.08. The first-order chi connectivity index (χ1) is 8.69. The summed E-state index contributed by atoms with van der Waals surface area (Å²) in [6.07, 6.45) is 1.94. The maximum Gasteiger partial charge on any atom is 0.308 e. The van der Waals surface area contributed by atoms with E-state index in [0.29, 0.717) is 17.8 Å². The molecule has 2 fully saturated rings. The fraction of sp³-hybridized carbons (Fsp3) is 0.938. The van der Waals surface area contributed by atoms with Crippen molar-refractivity contribution >= 4 is 5.97 Å². The Bertz CT molecular complexity index is 342. The molecule has 0 radical (unpaired) electrons. The minimum Gasteiger partial charge on any atom is -0.460 e. The highest BCUT2D eigenvalue weighted by Gasteiger charge is 2.50. The summed E-state index contributed by atoms with van der Waals surface area (Å²) < 4.78 is 5.30. The third-order valence-electron chi connectivity index (χ3n) is 5.24. The van der Waals surface area contributed by atoms with Crippen molar-refractivity contribution < 1.29 is 14.6 Å². The maximum absolute atomic E-state index is 11.8. The van der Waals surface area contributed by atoms with Crippen LogP contribution in [-0.2, 0) is 9.53 Å². The molecule has 2 aliphatic carbocycles. The largest absolute Gasteiger partial charge is 0.460 e. The van der Waals surface area contributed by atoms with Crippen LogP contribution in [-0.4, -0.2) is 22.8 Å². The zero-order valence-electron chi connectivity index (χ0n) is 12.8. The SMILES string of the molecule is CC1C2CC(C(O)CC(=O)OC(C)(C)C)C(C2)C1C. The Kier molecular flexibility index (Phi) is 3.97. The molecule has 3 nitrogen and oxygen atoms in total. The van der Waals surface area contributed by atoms with Crippen molar-refractivity contribution in [2.45, 2.75) is 65.6 Å². The van der Waals surface area contributed by atoms with E-state index < -0.39 is 11.7 Å². The van der Waals surface area contributed by atoms with Crippen LogP contribution in [0, 0.1) is 29.6 Å². The van der Waals surface area contributed by atoms with Crippen molar-refractivity contribution in [3.8, 4) is 0 Å². The van der Waals surface area contributed by atoms with E-state index in [2.05, 4.69) is 13.8 Å². The van der Waals surface area contributed by atoms with Crippen LogP contribution in [0.4, 0.5) is 0 Å². The Morgan fingerprint density at radius 2 is 1.89 bits per heavy atom. The first-order valence-electron chi connectivity index (χ1n) is 7.59. The second-order valence-corrected chi connectivity index (χ2v) is 7.64. The molecule has 0 heterocycles. The minimum atomic E-state index is -0.528. The summed E-state index contributed by atoms with van der Waals surface area (Å²) in [5.41, 5.74) is -0.465. The summed E-state index contributed by atoms with van der Waals surface area (Å²) in [5.74, 6) is 2.81. The van der Waals surface area contributed by atoms with Gasteiger partial charge < -0.3 is 9.84 Å². The zero-order chi connectivity index (χ0) is 14.4. The summed E-state index contributed by atoms with van der Waals surface area (Å²) in [7, 11) is 0. The topological polar surface area (TPSA) is 46.5 Å².